The maximum absolute atomic E-state index is 11.9. The first-order chi connectivity index (χ1) is 13.0. The van der Waals surface area contributed by atoms with Crippen LogP contribution in [0.15, 0.2) is 36.4 Å². The van der Waals surface area contributed by atoms with E-state index in [1.807, 2.05) is 18.2 Å². The molecule has 3 nitrogen and oxygen atoms in total. The summed E-state index contributed by atoms with van der Waals surface area (Å²) in [5.41, 5.74) is 2.99. The first kappa shape index (κ1) is 20.1. The van der Waals surface area contributed by atoms with Crippen molar-refractivity contribution < 1.29 is 9.53 Å². The Hall–Kier alpha value is -1.61. The number of benzene rings is 1. The quantitative estimate of drug-likeness (QED) is 0.500. The molecule has 3 heteroatoms. The SMILES string of the molecule is C=C1CN(CCCC2CCCCC2)CC[C@@]1(C)c1cccc(C(=O)OC)c1. The highest BCUT2D eigenvalue weighted by Gasteiger charge is 2.35. The molecule has 2 fully saturated rings. The van der Waals surface area contributed by atoms with Crippen LogP contribution in [-0.2, 0) is 10.2 Å². The van der Waals surface area contributed by atoms with E-state index in [1.165, 1.54) is 69.7 Å². The molecule has 2 aliphatic rings. The number of likely N-dealkylation sites (tertiary alicyclic amines) is 1. The van der Waals surface area contributed by atoms with Crippen molar-refractivity contribution in [2.75, 3.05) is 26.7 Å². The van der Waals surface area contributed by atoms with Crippen molar-refractivity contribution in [3.05, 3.63) is 47.5 Å². The van der Waals surface area contributed by atoms with Gasteiger partial charge in [0, 0.05) is 12.0 Å². The van der Waals surface area contributed by atoms with Gasteiger partial charge < -0.3 is 4.74 Å². The summed E-state index contributed by atoms with van der Waals surface area (Å²) in [5.74, 6) is 0.698. The highest BCUT2D eigenvalue weighted by molar-refractivity contribution is 5.89. The number of carbonyl (C=O) groups is 1. The smallest absolute Gasteiger partial charge is 0.337 e. The number of rotatable bonds is 6. The Labute approximate surface area is 164 Å². The summed E-state index contributed by atoms with van der Waals surface area (Å²) in [5, 5.41) is 0. The minimum absolute atomic E-state index is 0.0656. The molecule has 0 N–H and O–H groups in total. The van der Waals surface area contributed by atoms with Crippen LogP contribution < -0.4 is 0 Å². The van der Waals surface area contributed by atoms with Crippen LogP contribution in [0.4, 0.5) is 0 Å². The van der Waals surface area contributed by atoms with Gasteiger partial charge in [0.05, 0.1) is 12.7 Å². The molecule has 27 heavy (non-hydrogen) atoms. The molecule has 3 rings (SSSR count). The summed E-state index contributed by atoms with van der Waals surface area (Å²) in [6.45, 7) is 9.95. The van der Waals surface area contributed by atoms with Gasteiger partial charge in [-0.15, -0.1) is 0 Å². The molecule has 1 saturated heterocycles. The molecule has 0 unspecified atom stereocenters. The Bertz CT molecular complexity index is 662. The van der Waals surface area contributed by atoms with Crippen molar-refractivity contribution in [2.24, 2.45) is 5.92 Å². The molecule has 1 atom stereocenters. The van der Waals surface area contributed by atoms with Crippen molar-refractivity contribution in [3.8, 4) is 0 Å². The third-order valence-corrected chi connectivity index (χ3v) is 6.86. The van der Waals surface area contributed by atoms with E-state index in [9.17, 15) is 4.79 Å². The summed E-state index contributed by atoms with van der Waals surface area (Å²) in [6, 6.07) is 7.88. The van der Waals surface area contributed by atoms with Crippen LogP contribution in [0.2, 0.25) is 0 Å². The van der Waals surface area contributed by atoms with Gasteiger partial charge in [-0.2, -0.15) is 0 Å². The second-order valence-corrected chi connectivity index (χ2v) is 8.68. The average molecular weight is 370 g/mol. The highest BCUT2D eigenvalue weighted by Crippen LogP contribution is 2.39. The fraction of sp³-hybridized carbons (Fsp3) is 0.625. The molecule has 1 heterocycles. The van der Waals surface area contributed by atoms with E-state index < -0.39 is 0 Å². The maximum atomic E-state index is 11.9. The van der Waals surface area contributed by atoms with Crippen LogP contribution in [0.1, 0.15) is 74.2 Å². The Balaban J connectivity index is 1.55. The summed E-state index contributed by atoms with van der Waals surface area (Å²) in [6.07, 6.45) is 11.0. The number of piperidine rings is 1. The van der Waals surface area contributed by atoms with Crippen LogP contribution >= 0.6 is 0 Å². The van der Waals surface area contributed by atoms with Gasteiger partial charge in [-0.25, -0.2) is 4.79 Å². The van der Waals surface area contributed by atoms with Crippen molar-refractivity contribution in [1.82, 2.24) is 4.90 Å². The predicted octanol–water partition coefficient (Wildman–Crippen LogP) is 5.35. The van der Waals surface area contributed by atoms with Crippen LogP contribution in [0, 0.1) is 5.92 Å². The molecule has 148 valence electrons. The van der Waals surface area contributed by atoms with Gasteiger partial charge in [-0.3, -0.25) is 4.90 Å². The van der Waals surface area contributed by atoms with Gasteiger partial charge in [-0.1, -0.05) is 63.3 Å². The van der Waals surface area contributed by atoms with Crippen molar-refractivity contribution in [3.63, 3.8) is 0 Å². The lowest BCUT2D eigenvalue weighted by Gasteiger charge is -2.42. The van der Waals surface area contributed by atoms with E-state index in [0.717, 1.165) is 25.4 Å². The number of methoxy groups -OCH3 is 1. The van der Waals surface area contributed by atoms with Crippen molar-refractivity contribution in [1.29, 1.82) is 0 Å². The summed E-state index contributed by atoms with van der Waals surface area (Å²) in [4.78, 5) is 14.4. The largest absolute Gasteiger partial charge is 0.465 e. The first-order valence-electron chi connectivity index (χ1n) is 10.6. The number of ether oxygens (including phenoxy) is 1. The lowest BCUT2D eigenvalue weighted by Crippen LogP contribution is -2.43. The van der Waals surface area contributed by atoms with Gasteiger partial charge in [0.2, 0.25) is 0 Å². The predicted molar refractivity (Wildman–Crippen MR) is 111 cm³/mol. The van der Waals surface area contributed by atoms with Crippen molar-refractivity contribution >= 4 is 5.97 Å². The summed E-state index contributed by atoms with van der Waals surface area (Å²) < 4.78 is 4.88. The molecule has 0 radical (unpaired) electrons. The Morgan fingerprint density at radius 1 is 1.30 bits per heavy atom. The topological polar surface area (TPSA) is 29.5 Å². The second-order valence-electron chi connectivity index (χ2n) is 8.68. The normalized spacial score (nSPS) is 24.7. The number of nitrogens with zero attached hydrogens (tertiary/aromatic N) is 1. The van der Waals surface area contributed by atoms with Gasteiger partial charge >= 0.3 is 5.97 Å². The zero-order chi connectivity index (χ0) is 19.3. The van der Waals surface area contributed by atoms with Gasteiger partial charge in [0.1, 0.15) is 0 Å². The van der Waals surface area contributed by atoms with E-state index in [0.29, 0.717) is 5.56 Å². The Morgan fingerprint density at radius 3 is 2.78 bits per heavy atom. The van der Waals surface area contributed by atoms with Crippen LogP contribution in [-0.4, -0.2) is 37.6 Å². The number of hydrogen-bond acceptors (Lipinski definition) is 3. The average Bonchev–Trinajstić information content (AvgIpc) is 2.71. The zero-order valence-corrected chi connectivity index (χ0v) is 17.1. The van der Waals surface area contributed by atoms with E-state index in [2.05, 4.69) is 24.5 Å². The van der Waals surface area contributed by atoms with Gasteiger partial charge in [-0.05, 0) is 56.0 Å². The molecule has 1 aromatic carbocycles. The van der Waals surface area contributed by atoms with Crippen LogP contribution in [0.3, 0.4) is 0 Å². The Morgan fingerprint density at radius 2 is 2.07 bits per heavy atom. The molecule has 1 aliphatic heterocycles. The zero-order valence-electron chi connectivity index (χ0n) is 17.1. The van der Waals surface area contributed by atoms with E-state index >= 15 is 0 Å². The molecule has 0 spiro atoms. The fourth-order valence-corrected chi connectivity index (χ4v) is 4.81. The third kappa shape index (κ3) is 4.82. The van der Waals surface area contributed by atoms with E-state index in [4.69, 9.17) is 4.74 Å². The summed E-state index contributed by atoms with van der Waals surface area (Å²) >= 11 is 0. The monoisotopic (exact) mass is 369 g/mol. The van der Waals surface area contributed by atoms with E-state index in [1.54, 1.807) is 0 Å². The standard InChI is InChI=1S/C24H35NO2/c1-19-18-25(15-8-11-20-9-5-4-6-10-20)16-14-24(19,2)22-13-7-12-21(17-22)23(26)27-3/h7,12-13,17,20H,1,4-6,8-11,14-16,18H2,2-3H3/t24-/m1/s1. The lowest BCUT2D eigenvalue weighted by atomic mass is 9.71. The maximum Gasteiger partial charge on any atom is 0.337 e. The molecular formula is C24H35NO2. The second kappa shape index (κ2) is 9.05. The number of esters is 1. The molecule has 0 bridgehead atoms. The number of hydrogen-bond donors (Lipinski definition) is 0. The lowest BCUT2D eigenvalue weighted by molar-refractivity contribution is 0.0600. The minimum atomic E-state index is -0.272. The van der Waals surface area contributed by atoms with Crippen molar-refractivity contribution in [2.45, 2.75) is 63.7 Å². The van der Waals surface area contributed by atoms with E-state index in [-0.39, 0.29) is 11.4 Å². The number of carbonyl (C=O) groups excluding carboxylic acids is 1. The molecule has 1 saturated carbocycles. The molecule has 0 amide bonds. The Kier molecular flexibility index (Phi) is 6.75. The molecule has 1 aromatic rings. The minimum Gasteiger partial charge on any atom is -0.465 e. The highest BCUT2D eigenvalue weighted by atomic mass is 16.5. The summed E-state index contributed by atoms with van der Waals surface area (Å²) in [7, 11) is 1.43. The molecule has 1 aliphatic carbocycles. The molecule has 0 aromatic heterocycles. The fourth-order valence-electron chi connectivity index (χ4n) is 4.81. The van der Waals surface area contributed by atoms with Crippen LogP contribution in [0.25, 0.3) is 0 Å². The first-order valence-corrected chi connectivity index (χ1v) is 10.6. The third-order valence-electron chi connectivity index (χ3n) is 6.86. The molecular weight excluding hydrogens is 334 g/mol. The van der Waals surface area contributed by atoms with Crippen LogP contribution in [0.5, 0.6) is 0 Å². The van der Waals surface area contributed by atoms with Gasteiger partial charge in [0.15, 0.2) is 0 Å². The van der Waals surface area contributed by atoms with Gasteiger partial charge in [0.25, 0.3) is 0 Å².